The monoisotopic (exact) mass is 324 g/mol. The maximum absolute atomic E-state index is 12.4. The first-order valence-corrected chi connectivity index (χ1v) is 8.66. The molecule has 1 saturated carbocycles. The molecule has 1 aliphatic carbocycles. The van der Waals surface area contributed by atoms with E-state index >= 15 is 0 Å². The third-order valence-corrected chi connectivity index (χ3v) is 4.66. The van der Waals surface area contributed by atoms with Crippen LogP contribution in [-0.4, -0.2) is 16.9 Å². The molecule has 1 fully saturated rings. The van der Waals surface area contributed by atoms with Crippen molar-refractivity contribution >= 4 is 5.91 Å². The van der Waals surface area contributed by atoms with Crippen LogP contribution in [0.3, 0.4) is 0 Å². The van der Waals surface area contributed by atoms with Crippen molar-refractivity contribution in [2.45, 2.75) is 45.3 Å². The van der Waals surface area contributed by atoms with Crippen LogP contribution in [0.1, 0.15) is 48.5 Å². The van der Waals surface area contributed by atoms with Gasteiger partial charge in [0.2, 0.25) is 5.88 Å². The Morgan fingerprint density at radius 2 is 1.96 bits per heavy atom. The molecule has 4 heteroatoms. The van der Waals surface area contributed by atoms with Crippen molar-refractivity contribution in [3.63, 3.8) is 0 Å². The lowest BCUT2D eigenvalue weighted by Gasteiger charge is -2.29. The Labute approximate surface area is 143 Å². The molecule has 2 atom stereocenters. The summed E-state index contributed by atoms with van der Waals surface area (Å²) in [5.41, 5.74) is 1.67. The van der Waals surface area contributed by atoms with Crippen LogP contribution in [0.5, 0.6) is 5.88 Å². The van der Waals surface area contributed by atoms with E-state index in [4.69, 9.17) is 4.74 Å². The second-order valence-corrected chi connectivity index (χ2v) is 6.50. The second kappa shape index (κ2) is 7.95. The Morgan fingerprint density at radius 3 is 2.67 bits per heavy atom. The van der Waals surface area contributed by atoms with Gasteiger partial charge < -0.3 is 10.1 Å². The van der Waals surface area contributed by atoms with E-state index in [2.05, 4.69) is 17.2 Å². The highest BCUT2D eigenvalue weighted by Crippen LogP contribution is 2.24. The van der Waals surface area contributed by atoms with Crippen LogP contribution >= 0.6 is 0 Å². The molecule has 0 radical (unpaired) electrons. The van der Waals surface area contributed by atoms with Gasteiger partial charge in [0.1, 0.15) is 6.61 Å². The lowest BCUT2D eigenvalue weighted by molar-refractivity contribution is 0.0910. The van der Waals surface area contributed by atoms with Gasteiger partial charge in [0.05, 0.1) is 5.56 Å². The van der Waals surface area contributed by atoms with Crippen molar-refractivity contribution in [1.29, 1.82) is 0 Å². The van der Waals surface area contributed by atoms with Crippen molar-refractivity contribution in [3.8, 4) is 5.88 Å². The zero-order chi connectivity index (χ0) is 16.8. The fourth-order valence-corrected chi connectivity index (χ4v) is 3.11. The molecule has 4 nitrogen and oxygen atoms in total. The van der Waals surface area contributed by atoms with E-state index in [1.54, 1.807) is 18.3 Å². The molecular formula is C20H24N2O2. The quantitative estimate of drug-likeness (QED) is 0.905. The van der Waals surface area contributed by atoms with E-state index in [1.165, 1.54) is 19.3 Å². The smallest absolute Gasteiger partial charge is 0.253 e. The summed E-state index contributed by atoms with van der Waals surface area (Å²) in [5.74, 6) is 1.03. The van der Waals surface area contributed by atoms with Crippen molar-refractivity contribution in [2.24, 2.45) is 5.92 Å². The lowest BCUT2D eigenvalue weighted by atomic mass is 9.86. The molecule has 126 valence electrons. The molecule has 2 unspecified atom stereocenters. The van der Waals surface area contributed by atoms with Gasteiger partial charge in [-0.1, -0.05) is 50.1 Å². The lowest BCUT2D eigenvalue weighted by Crippen LogP contribution is -2.41. The van der Waals surface area contributed by atoms with Gasteiger partial charge in [-0.15, -0.1) is 0 Å². The molecule has 1 N–H and O–H groups in total. The minimum absolute atomic E-state index is 0.0455. The van der Waals surface area contributed by atoms with Crippen LogP contribution in [0.25, 0.3) is 0 Å². The third-order valence-electron chi connectivity index (χ3n) is 4.66. The summed E-state index contributed by atoms with van der Waals surface area (Å²) < 4.78 is 5.65. The van der Waals surface area contributed by atoms with Crippen LogP contribution < -0.4 is 10.1 Å². The van der Waals surface area contributed by atoms with Crippen LogP contribution in [0.15, 0.2) is 48.7 Å². The number of carbonyl (C=O) groups is 1. The SMILES string of the molecule is CC1CCCCC1NC(=O)c1ccc(OCc2ccccc2)nc1. The van der Waals surface area contributed by atoms with Crippen molar-refractivity contribution < 1.29 is 9.53 Å². The summed E-state index contributed by atoms with van der Waals surface area (Å²) >= 11 is 0. The predicted molar refractivity (Wildman–Crippen MR) is 93.9 cm³/mol. The highest BCUT2D eigenvalue weighted by molar-refractivity contribution is 5.94. The summed E-state index contributed by atoms with van der Waals surface area (Å²) in [7, 11) is 0. The molecule has 0 saturated heterocycles. The molecule has 1 aliphatic rings. The van der Waals surface area contributed by atoms with E-state index in [9.17, 15) is 4.79 Å². The highest BCUT2D eigenvalue weighted by Gasteiger charge is 2.23. The molecule has 1 aromatic heterocycles. The van der Waals surface area contributed by atoms with Crippen LogP contribution in [-0.2, 0) is 6.61 Å². The first-order valence-electron chi connectivity index (χ1n) is 8.66. The van der Waals surface area contributed by atoms with Gasteiger partial charge in [0, 0.05) is 18.3 Å². The van der Waals surface area contributed by atoms with Crippen LogP contribution in [0, 0.1) is 5.92 Å². The summed E-state index contributed by atoms with van der Waals surface area (Å²) in [4.78, 5) is 16.6. The number of nitrogens with one attached hydrogen (secondary N) is 1. The van der Waals surface area contributed by atoms with E-state index in [0.717, 1.165) is 12.0 Å². The number of nitrogens with zero attached hydrogens (tertiary/aromatic N) is 1. The Morgan fingerprint density at radius 1 is 1.17 bits per heavy atom. The number of aromatic nitrogens is 1. The first-order chi connectivity index (χ1) is 11.7. The fraction of sp³-hybridized carbons (Fsp3) is 0.400. The van der Waals surface area contributed by atoms with Crippen LogP contribution in [0.2, 0.25) is 0 Å². The largest absolute Gasteiger partial charge is 0.473 e. The number of ether oxygens (including phenoxy) is 1. The molecule has 0 bridgehead atoms. The van der Waals surface area contributed by atoms with Gasteiger partial charge in [0.15, 0.2) is 0 Å². The zero-order valence-corrected chi connectivity index (χ0v) is 14.1. The normalized spacial score (nSPS) is 20.4. The number of pyridine rings is 1. The Hall–Kier alpha value is -2.36. The summed E-state index contributed by atoms with van der Waals surface area (Å²) in [6, 6.07) is 13.7. The van der Waals surface area contributed by atoms with Gasteiger partial charge >= 0.3 is 0 Å². The van der Waals surface area contributed by atoms with E-state index in [0.29, 0.717) is 24.0 Å². The maximum Gasteiger partial charge on any atom is 0.253 e. The number of benzene rings is 1. The van der Waals surface area contributed by atoms with E-state index in [-0.39, 0.29) is 11.9 Å². The molecule has 0 spiro atoms. The zero-order valence-electron chi connectivity index (χ0n) is 14.1. The number of carbonyl (C=O) groups excluding carboxylic acids is 1. The minimum atomic E-state index is -0.0455. The van der Waals surface area contributed by atoms with Crippen molar-refractivity contribution in [1.82, 2.24) is 10.3 Å². The van der Waals surface area contributed by atoms with E-state index < -0.39 is 0 Å². The highest BCUT2D eigenvalue weighted by atomic mass is 16.5. The van der Waals surface area contributed by atoms with Gasteiger partial charge in [-0.2, -0.15) is 0 Å². The fourth-order valence-electron chi connectivity index (χ4n) is 3.11. The number of hydrogen-bond acceptors (Lipinski definition) is 3. The Bertz CT molecular complexity index is 655. The molecule has 24 heavy (non-hydrogen) atoms. The average Bonchev–Trinajstić information content (AvgIpc) is 2.63. The van der Waals surface area contributed by atoms with Crippen molar-refractivity contribution in [2.75, 3.05) is 0 Å². The standard InChI is InChI=1S/C20H24N2O2/c1-15-7-5-6-10-18(15)22-20(23)17-11-12-19(21-13-17)24-14-16-8-3-2-4-9-16/h2-4,8-9,11-13,15,18H,5-7,10,14H2,1H3,(H,22,23). The van der Waals surface area contributed by atoms with Crippen LogP contribution in [0.4, 0.5) is 0 Å². The summed E-state index contributed by atoms with van der Waals surface area (Å²) in [6.07, 6.45) is 6.31. The molecule has 3 rings (SSSR count). The number of amides is 1. The molecule has 2 aromatic rings. The molecule has 1 amide bonds. The molecule has 0 aliphatic heterocycles. The van der Waals surface area contributed by atoms with Gasteiger partial charge in [-0.25, -0.2) is 4.98 Å². The minimum Gasteiger partial charge on any atom is -0.473 e. The third kappa shape index (κ3) is 4.34. The molecular weight excluding hydrogens is 300 g/mol. The van der Waals surface area contributed by atoms with Gasteiger partial charge in [-0.05, 0) is 30.4 Å². The number of hydrogen-bond donors (Lipinski definition) is 1. The van der Waals surface area contributed by atoms with Crippen molar-refractivity contribution in [3.05, 3.63) is 59.8 Å². The Kier molecular flexibility index (Phi) is 5.47. The number of rotatable bonds is 5. The molecule has 1 aromatic carbocycles. The first kappa shape index (κ1) is 16.5. The Balaban J connectivity index is 1.54. The topological polar surface area (TPSA) is 51.2 Å². The summed E-state index contributed by atoms with van der Waals surface area (Å²) in [6.45, 7) is 2.68. The second-order valence-electron chi connectivity index (χ2n) is 6.50. The van der Waals surface area contributed by atoms with Gasteiger partial charge in [-0.3, -0.25) is 4.79 Å². The predicted octanol–water partition coefficient (Wildman–Crippen LogP) is 3.97. The maximum atomic E-state index is 12.4. The van der Waals surface area contributed by atoms with Gasteiger partial charge in [0.25, 0.3) is 5.91 Å². The van der Waals surface area contributed by atoms with E-state index in [1.807, 2.05) is 30.3 Å². The molecule has 1 heterocycles. The summed E-state index contributed by atoms with van der Waals surface area (Å²) in [5, 5.41) is 3.14. The average molecular weight is 324 g/mol.